The van der Waals surface area contributed by atoms with E-state index in [4.69, 9.17) is 17.3 Å². The predicted octanol–water partition coefficient (Wildman–Crippen LogP) is 3.45. The van der Waals surface area contributed by atoms with E-state index in [0.29, 0.717) is 30.8 Å². The molecule has 0 aliphatic rings. The summed E-state index contributed by atoms with van der Waals surface area (Å²) >= 11 is 7.53. The fourth-order valence-electron chi connectivity index (χ4n) is 2.31. The Kier molecular flexibility index (Phi) is 7.08. The summed E-state index contributed by atoms with van der Waals surface area (Å²) < 4.78 is 0. The zero-order chi connectivity index (χ0) is 17.4. The highest BCUT2D eigenvalue weighted by Crippen LogP contribution is 2.25. The van der Waals surface area contributed by atoms with E-state index >= 15 is 0 Å². The van der Waals surface area contributed by atoms with E-state index in [1.807, 2.05) is 41.1 Å². The second-order valence-corrected chi connectivity index (χ2v) is 6.57. The number of thiophene rings is 1. The molecule has 1 unspecified atom stereocenters. The molecule has 0 saturated heterocycles. The van der Waals surface area contributed by atoms with Crippen molar-refractivity contribution >= 4 is 34.9 Å². The van der Waals surface area contributed by atoms with Crippen molar-refractivity contribution in [2.75, 3.05) is 6.54 Å². The van der Waals surface area contributed by atoms with Gasteiger partial charge in [0, 0.05) is 18.0 Å². The smallest absolute Gasteiger partial charge is 0.312 e. The minimum atomic E-state index is -0.542. The van der Waals surface area contributed by atoms with Gasteiger partial charge in [-0.2, -0.15) is 11.3 Å². The molecular formula is C17H20ClN3O2S. The van der Waals surface area contributed by atoms with Crippen molar-refractivity contribution in [3.05, 3.63) is 57.2 Å². The van der Waals surface area contributed by atoms with E-state index in [2.05, 4.69) is 10.6 Å². The maximum Gasteiger partial charge on any atom is 0.312 e. The molecule has 7 heteroatoms. The fraction of sp³-hybridized carbons (Fsp3) is 0.294. The van der Waals surface area contributed by atoms with Gasteiger partial charge in [0.25, 0.3) is 0 Å². The van der Waals surface area contributed by atoms with Crippen LogP contribution < -0.4 is 16.4 Å². The van der Waals surface area contributed by atoms with Crippen LogP contribution in [0.15, 0.2) is 41.1 Å². The van der Waals surface area contributed by atoms with Crippen LogP contribution in [0, 0.1) is 0 Å². The third-order valence-corrected chi connectivity index (χ3v) is 4.47. The van der Waals surface area contributed by atoms with Crippen molar-refractivity contribution < 1.29 is 9.59 Å². The average Bonchev–Trinajstić information content (AvgIpc) is 3.07. The summed E-state index contributed by atoms with van der Waals surface area (Å²) in [6.07, 6.45) is 1.79. The van der Waals surface area contributed by atoms with E-state index in [0.717, 1.165) is 11.1 Å². The van der Waals surface area contributed by atoms with Crippen molar-refractivity contribution in [3.63, 3.8) is 0 Å². The number of carbonyl (C=O) groups is 2. The Hall–Kier alpha value is -2.05. The van der Waals surface area contributed by atoms with Crippen LogP contribution in [-0.4, -0.2) is 18.5 Å². The lowest BCUT2D eigenvalue weighted by Gasteiger charge is -2.18. The number of urea groups is 1. The van der Waals surface area contributed by atoms with Gasteiger partial charge in [0.05, 0.1) is 6.04 Å². The number of benzene rings is 1. The number of rotatable bonds is 8. The highest BCUT2D eigenvalue weighted by atomic mass is 35.5. The van der Waals surface area contributed by atoms with Crippen LogP contribution in [0.1, 0.15) is 36.4 Å². The van der Waals surface area contributed by atoms with Crippen molar-refractivity contribution in [3.8, 4) is 0 Å². The number of primary amides is 1. The first-order valence-electron chi connectivity index (χ1n) is 7.66. The maximum atomic E-state index is 12.2. The molecule has 0 aliphatic carbocycles. The molecule has 0 spiro atoms. The number of carbonyl (C=O) groups excluding carboxylic acids is 2. The molecule has 0 bridgehead atoms. The summed E-state index contributed by atoms with van der Waals surface area (Å²) in [5.41, 5.74) is 7.03. The highest BCUT2D eigenvalue weighted by Gasteiger charge is 2.17. The Balaban J connectivity index is 1.92. The minimum Gasteiger partial charge on any atom is -0.352 e. The highest BCUT2D eigenvalue weighted by molar-refractivity contribution is 7.08. The summed E-state index contributed by atoms with van der Waals surface area (Å²) in [6, 6.07) is 8.74. The minimum absolute atomic E-state index is 0.0276. The second kappa shape index (κ2) is 9.30. The van der Waals surface area contributed by atoms with Crippen molar-refractivity contribution in [2.45, 2.75) is 25.3 Å². The Morgan fingerprint density at radius 2 is 1.88 bits per heavy atom. The Labute approximate surface area is 150 Å². The molecule has 2 rings (SSSR count). The van der Waals surface area contributed by atoms with Gasteiger partial charge in [-0.25, -0.2) is 4.79 Å². The number of nitrogens with two attached hydrogens (primary N) is 1. The third kappa shape index (κ3) is 5.86. The summed E-state index contributed by atoms with van der Waals surface area (Å²) in [5, 5.41) is 10.3. The largest absolute Gasteiger partial charge is 0.352 e. The Morgan fingerprint density at radius 3 is 2.50 bits per heavy atom. The van der Waals surface area contributed by atoms with E-state index in [-0.39, 0.29) is 11.9 Å². The molecule has 3 amide bonds. The van der Waals surface area contributed by atoms with Gasteiger partial charge in [0.2, 0.25) is 5.91 Å². The van der Waals surface area contributed by atoms with Gasteiger partial charge in [-0.05, 0) is 52.9 Å². The van der Waals surface area contributed by atoms with Gasteiger partial charge in [-0.15, -0.1) is 0 Å². The van der Waals surface area contributed by atoms with Crippen LogP contribution in [0.5, 0.6) is 0 Å². The van der Waals surface area contributed by atoms with Crippen molar-refractivity contribution in [1.29, 1.82) is 0 Å². The van der Waals surface area contributed by atoms with E-state index in [9.17, 15) is 9.59 Å². The van der Waals surface area contributed by atoms with Gasteiger partial charge in [0.15, 0.2) is 0 Å². The summed E-state index contributed by atoms with van der Waals surface area (Å²) in [7, 11) is 0. The number of hydrogen-bond donors (Lipinski definition) is 3. The molecule has 2 aromatic rings. The molecule has 1 heterocycles. The monoisotopic (exact) mass is 365 g/mol. The number of hydrogen-bond acceptors (Lipinski definition) is 3. The van der Waals surface area contributed by atoms with Crippen LogP contribution in [0.2, 0.25) is 5.02 Å². The van der Waals surface area contributed by atoms with E-state index < -0.39 is 6.03 Å². The zero-order valence-electron chi connectivity index (χ0n) is 13.1. The number of unbranched alkanes of at least 4 members (excludes halogenated alkanes) is 1. The molecule has 1 aromatic carbocycles. The summed E-state index contributed by atoms with van der Waals surface area (Å²) in [6.45, 7) is 0.480. The second-order valence-electron chi connectivity index (χ2n) is 5.36. The third-order valence-electron chi connectivity index (χ3n) is 3.52. The first-order valence-corrected chi connectivity index (χ1v) is 8.98. The number of nitrogens with one attached hydrogen (secondary N) is 2. The molecule has 0 radical (unpaired) electrons. The van der Waals surface area contributed by atoms with Crippen molar-refractivity contribution in [2.24, 2.45) is 5.73 Å². The van der Waals surface area contributed by atoms with E-state index in [1.54, 1.807) is 11.3 Å². The molecule has 0 fully saturated rings. The van der Waals surface area contributed by atoms with Gasteiger partial charge in [-0.3, -0.25) is 4.79 Å². The molecule has 0 aliphatic heterocycles. The Bertz CT molecular complexity index is 659. The normalized spacial score (nSPS) is 11.7. The lowest BCUT2D eigenvalue weighted by atomic mass is 10.0. The molecule has 5 nitrogen and oxygen atoms in total. The zero-order valence-corrected chi connectivity index (χ0v) is 14.7. The molecule has 4 N–H and O–H groups in total. The SMILES string of the molecule is NC(=O)NCCCCC(=O)NC(c1ccc(Cl)cc1)c1ccsc1. The molecule has 1 aromatic heterocycles. The maximum absolute atomic E-state index is 12.2. The molecule has 1 atom stereocenters. The lowest BCUT2D eigenvalue weighted by Crippen LogP contribution is -2.31. The molecule has 0 saturated carbocycles. The average molecular weight is 366 g/mol. The van der Waals surface area contributed by atoms with Crippen LogP contribution in [0.4, 0.5) is 4.79 Å². The number of halogens is 1. The van der Waals surface area contributed by atoms with Crippen LogP contribution in [0.25, 0.3) is 0 Å². The summed E-state index contributed by atoms with van der Waals surface area (Å²) in [4.78, 5) is 22.8. The first-order chi connectivity index (χ1) is 11.6. The van der Waals surface area contributed by atoms with Crippen molar-refractivity contribution in [1.82, 2.24) is 10.6 Å². The lowest BCUT2D eigenvalue weighted by molar-refractivity contribution is -0.121. The molecule has 128 valence electrons. The standard InChI is InChI=1S/C17H20ClN3O2S/c18-14-6-4-12(5-7-14)16(13-8-10-24-11-13)21-15(22)3-1-2-9-20-17(19)23/h4-8,10-11,16H,1-3,9H2,(H,21,22)(H3,19,20,23). The fourth-order valence-corrected chi connectivity index (χ4v) is 3.12. The van der Waals surface area contributed by atoms with Crippen LogP contribution in [-0.2, 0) is 4.79 Å². The quantitative estimate of drug-likeness (QED) is 0.626. The predicted molar refractivity (Wildman–Crippen MR) is 97.2 cm³/mol. The molecule has 24 heavy (non-hydrogen) atoms. The first kappa shape index (κ1) is 18.3. The van der Waals surface area contributed by atoms with Gasteiger partial charge in [0.1, 0.15) is 0 Å². The van der Waals surface area contributed by atoms with Crippen LogP contribution in [0.3, 0.4) is 0 Å². The Morgan fingerprint density at radius 1 is 1.12 bits per heavy atom. The van der Waals surface area contributed by atoms with Gasteiger partial charge in [-0.1, -0.05) is 23.7 Å². The van der Waals surface area contributed by atoms with Gasteiger partial charge < -0.3 is 16.4 Å². The van der Waals surface area contributed by atoms with E-state index in [1.165, 1.54) is 0 Å². The van der Waals surface area contributed by atoms with Crippen LogP contribution >= 0.6 is 22.9 Å². The topological polar surface area (TPSA) is 84.2 Å². The molecular weight excluding hydrogens is 346 g/mol. The number of amides is 3. The van der Waals surface area contributed by atoms with Gasteiger partial charge >= 0.3 is 6.03 Å². The summed E-state index contributed by atoms with van der Waals surface area (Å²) in [5.74, 6) is -0.0276.